The lowest BCUT2D eigenvalue weighted by Crippen LogP contribution is -2.21. The number of hydrogen-bond acceptors (Lipinski definition) is 3. The van der Waals surface area contributed by atoms with Gasteiger partial charge in [-0.2, -0.15) is 0 Å². The summed E-state index contributed by atoms with van der Waals surface area (Å²) in [5.74, 6) is 0. The first-order valence-electron chi connectivity index (χ1n) is 6.02. The summed E-state index contributed by atoms with van der Waals surface area (Å²) < 4.78 is 0. The van der Waals surface area contributed by atoms with Crippen molar-refractivity contribution < 1.29 is 0 Å². The number of thiazole rings is 1. The molecule has 0 aliphatic carbocycles. The van der Waals surface area contributed by atoms with Crippen molar-refractivity contribution in [2.45, 2.75) is 20.8 Å². The number of halogens is 1. The molecular weight excluding hydrogens is 308 g/mol. The van der Waals surface area contributed by atoms with Gasteiger partial charge in [-0.15, -0.1) is 28.3 Å². The van der Waals surface area contributed by atoms with E-state index >= 15 is 0 Å². The van der Waals surface area contributed by atoms with Crippen molar-refractivity contribution in [1.82, 2.24) is 4.98 Å². The summed E-state index contributed by atoms with van der Waals surface area (Å²) in [5, 5.41) is 3.23. The molecule has 0 spiro atoms. The quantitative estimate of drug-likeness (QED) is 0.819. The van der Waals surface area contributed by atoms with E-state index < -0.39 is 0 Å². The van der Waals surface area contributed by atoms with Gasteiger partial charge >= 0.3 is 0 Å². The molecule has 0 aliphatic heterocycles. The lowest BCUT2D eigenvalue weighted by atomic mass is 10.1. The maximum atomic E-state index is 4.50. The van der Waals surface area contributed by atoms with Crippen LogP contribution in [0.15, 0.2) is 29.6 Å². The molecule has 2 aromatic rings. The Morgan fingerprint density at radius 3 is 2.17 bits per heavy atom. The second-order valence-corrected chi connectivity index (χ2v) is 5.03. The van der Waals surface area contributed by atoms with Crippen LogP contribution in [0.25, 0.3) is 11.3 Å². The number of rotatable bonds is 4. The van der Waals surface area contributed by atoms with E-state index in [0.29, 0.717) is 0 Å². The fourth-order valence-electron chi connectivity index (χ4n) is 1.93. The van der Waals surface area contributed by atoms with Crippen LogP contribution in [0.4, 0.5) is 5.69 Å². The lowest BCUT2D eigenvalue weighted by Gasteiger charge is -2.20. The van der Waals surface area contributed by atoms with Crippen molar-refractivity contribution in [2.75, 3.05) is 18.0 Å². The third-order valence-corrected chi connectivity index (χ3v) is 3.68. The van der Waals surface area contributed by atoms with Crippen molar-refractivity contribution in [2.24, 2.45) is 0 Å². The highest BCUT2D eigenvalue weighted by atomic mass is 79.9. The molecule has 0 aliphatic rings. The Kier molecular flexibility index (Phi) is 5.82. The van der Waals surface area contributed by atoms with Gasteiger partial charge in [0.15, 0.2) is 0 Å². The normalized spacial score (nSPS) is 9.94. The number of aromatic nitrogens is 1. The molecule has 18 heavy (non-hydrogen) atoms. The molecule has 2 rings (SSSR count). The van der Waals surface area contributed by atoms with Crippen molar-refractivity contribution in [1.29, 1.82) is 0 Å². The number of hydrogen-bond donors (Lipinski definition) is 0. The molecule has 0 saturated carbocycles. The summed E-state index contributed by atoms with van der Waals surface area (Å²) >= 11 is 1.70. The molecule has 0 unspecified atom stereocenters. The van der Waals surface area contributed by atoms with Gasteiger partial charge in [0.1, 0.15) is 0 Å². The van der Waals surface area contributed by atoms with Crippen molar-refractivity contribution >= 4 is 34.0 Å². The van der Waals surface area contributed by atoms with E-state index in [1.54, 1.807) is 11.3 Å². The van der Waals surface area contributed by atoms with Crippen molar-refractivity contribution in [3.05, 3.63) is 34.7 Å². The summed E-state index contributed by atoms with van der Waals surface area (Å²) in [6, 6.07) is 8.66. The monoisotopic (exact) mass is 326 g/mol. The molecular formula is C14H19BrN2S. The minimum Gasteiger partial charge on any atom is -0.372 e. The first-order chi connectivity index (χ1) is 8.24. The maximum absolute atomic E-state index is 4.50. The topological polar surface area (TPSA) is 16.1 Å². The van der Waals surface area contributed by atoms with Crippen LogP contribution >= 0.6 is 28.3 Å². The van der Waals surface area contributed by atoms with Gasteiger partial charge in [-0.05, 0) is 32.9 Å². The largest absolute Gasteiger partial charge is 0.372 e. The predicted octanol–water partition coefficient (Wildman–Crippen LogP) is 4.54. The highest BCUT2D eigenvalue weighted by molar-refractivity contribution is 8.93. The van der Waals surface area contributed by atoms with Gasteiger partial charge in [0.25, 0.3) is 0 Å². The first kappa shape index (κ1) is 15.2. The van der Waals surface area contributed by atoms with Gasteiger partial charge in [-0.1, -0.05) is 12.1 Å². The lowest BCUT2D eigenvalue weighted by molar-refractivity contribution is 0.866. The molecule has 2 nitrogen and oxygen atoms in total. The van der Waals surface area contributed by atoms with E-state index in [1.807, 2.05) is 6.92 Å². The molecule has 0 fully saturated rings. The highest BCUT2D eigenvalue weighted by Crippen LogP contribution is 2.24. The van der Waals surface area contributed by atoms with Crippen LogP contribution in [0, 0.1) is 6.92 Å². The molecule has 98 valence electrons. The molecule has 1 aromatic carbocycles. The Morgan fingerprint density at radius 1 is 1.11 bits per heavy atom. The molecule has 0 radical (unpaired) electrons. The van der Waals surface area contributed by atoms with Gasteiger partial charge in [0, 0.05) is 29.7 Å². The molecule has 0 atom stereocenters. The van der Waals surface area contributed by atoms with E-state index in [0.717, 1.165) is 23.8 Å². The number of anilines is 1. The SMILES string of the molecule is Br.CCN(CC)c1ccc(-c2csc(C)n2)cc1. The minimum absolute atomic E-state index is 0. The van der Waals surface area contributed by atoms with E-state index in [1.165, 1.54) is 11.3 Å². The maximum Gasteiger partial charge on any atom is 0.0901 e. The van der Waals surface area contributed by atoms with Gasteiger partial charge in [0.05, 0.1) is 10.7 Å². The molecule has 0 amide bonds. The van der Waals surface area contributed by atoms with Gasteiger partial charge in [0.2, 0.25) is 0 Å². The van der Waals surface area contributed by atoms with E-state index in [-0.39, 0.29) is 17.0 Å². The summed E-state index contributed by atoms with van der Waals surface area (Å²) in [7, 11) is 0. The van der Waals surface area contributed by atoms with E-state index in [2.05, 4.69) is 53.4 Å². The standard InChI is InChI=1S/C14H18N2S.BrH/c1-4-16(5-2)13-8-6-12(7-9-13)14-10-17-11(3)15-14;/h6-10H,4-5H2,1-3H3;1H. The Morgan fingerprint density at radius 2 is 1.72 bits per heavy atom. The van der Waals surface area contributed by atoms with Gasteiger partial charge < -0.3 is 4.90 Å². The second-order valence-electron chi connectivity index (χ2n) is 3.97. The fraction of sp³-hybridized carbons (Fsp3) is 0.357. The van der Waals surface area contributed by atoms with Gasteiger partial charge in [-0.3, -0.25) is 0 Å². The third kappa shape index (κ3) is 3.33. The summed E-state index contributed by atoms with van der Waals surface area (Å²) in [4.78, 5) is 6.84. The molecule has 4 heteroatoms. The molecule has 0 saturated heterocycles. The molecule has 0 N–H and O–H groups in total. The van der Waals surface area contributed by atoms with Crippen LogP contribution in [-0.4, -0.2) is 18.1 Å². The van der Waals surface area contributed by atoms with Crippen LogP contribution in [0.5, 0.6) is 0 Å². The average molecular weight is 327 g/mol. The summed E-state index contributed by atoms with van der Waals surface area (Å²) in [5.41, 5.74) is 3.56. The smallest absolute Gasteiger partial charge is 0.0901 e. The highest BCUT2D eigenvalue weighted by Gasteiger charge is 2.04. The number of benzene rings is 1. The van der Waals surface area contributed by atoms with Crippen LogP contribution < -0.4 is 4.90 Å². The van der Waals surface area contributed by atoms with Crippen LogP contribution in [0.2, 0.25) is 0 Å². The molecule has 1 heterocycles. The predicted molar refractivity (Wildman–Crippen MR) is 86.2 cm³/mol. The Hall–Kier alpha value is -0.870. The van der Waals surface area contributed by atoms with Crippen LogP contribution in [0.1, 0.15) is 18.9 Å². The summed E-state index contributed by atoms with van der Waals surface area (Å²) in [6.07, 6.45) is 0. The van der Waals surface area contributed by atoms with Crippen LogP contribution in [0.3, 0.4) is 0 Å². The second kappa shape index (κ2) is 6.90. The average Bonchev–Trinajstić information content (AvgIpc) is 2.78. The third-order valence-electron chi connectivity index (χ3n) is 2.91. The van der Waals surface area contributed by atoms with E-state index in [9.17, 15) is 0 Å². The first-order valence-corrected chi connectivity index (χ1v) is 6.90. The Bertz CT molecular complexity index is 475. The Balaban J connectivity index is 0.00000162. The zero-order chi connectivity index (χ0) is 12.3. The van der Waals surface area contributed by atoms with E-state index in [4.69, 9.17) is 0 Å². The van der Waals surface area contributed by atoms with Crippen molar-refractivity contribution in [3.8, 4) is 11.3 Å². The number of aryl methyl sites for hydroxylation is 1. The summed E-state index contributed by atoms with van der Waals surface area (Å²) in [6.45, 7) is 8.50. The number of nitrogens with zero attached hydrogens (tertiary/aromatic N) is 2. The Labute approximate surface area is 123 Å². The molecule has 0 bridgehead atoms. The zero-order valence-corrected chi connectivity index (χ0v) is 13.5. The van der Waals surface area contributed by atoms with Gasteiger partial charge in [-0.25, -0.2) is 4.98 Å². The molecule has 1 aromatic heterocycles. The zero-order valence-electron chi connectivity index (χ0n) is 11.0. The van der Waals surface area contributed by atoms with Crippen LogP contribution in [-0.2, 0) is 0 Å². The van der Waals surface area contributed by atoms with Crippen molar-refractivity contribution in [3.63, 3.8) is 0 Å². The fourth-order valence-corrected chi connectivity index (χ4v) is 2.55. The minimum atomic E-state index is 0.